The lowest BCUT2D eigenvalue weighted by molar-refractivity contribution is -0.122. The van der Waals surface area contributed by atoms with E-state index in [2.05, 4.69) is 41.4 Å². The van der Waals surface area contributed by atoms with Crippen molar-refractivity contribution < 1.29 is 14.3 Å². The van der Waals surface area contributed by atoms with E-state index in [9.17, 15) is 9.59 Å². The lowest BCUT2D eigenvalue weighted by Gasteiger charge is -2.26. The minimum Gasteiger partial charge on any atom is -0.379 e. The van der Waals surface area contributed by atoms with Gasteiger partial charge in [0.2, 0.25) is 11.8 Å². The summed E-state index contributed by atoms with van der Waals surface area (Å²) in [5.74, 6) is -0.427. The Bertz CT molecular complexity index is 905. The van der Waals surface area contributed by atoms with Crippen molar-refractivity contribution >= 4 is 23.2 Å². The first-order valence-corrected chi connectivity index (χ1v) is 11.7. The van der Waals surface area contributed by atoms with Gasteiger partial charge in [0.1, 0.15) is 0 Å². The zero-order chi connectivity index (χ0) is 22.3. The largest absolute Gasteiger partial charge is 0.379 e. The Morgan fingerprint density at radius 1 is 1.03 bits per heavy atom. The van der Waals surface area contributed by atoms with Crippen LogP contribution in [0.1, 0.15) is 37.3 Å². The fraction of sp³-hybridized carbons (Fsp3) is 0.462. The second-order valence-electron chi connectivity index (χ2n) is 8.75. The summed E-state index contributed by atoms with van der Waals surface area (Å²) in [5.41, 5.74) is 4.15. The van der Waals surface area contributed by atoms with Gasteiger partial charge >= 0.3 is 0 Å². The quantitative estimate of drug-likeness (QED) is 0.684. The van der Waals surface area contributed by atoms with E-state index in [1.54, 1.807) is 4.90 Å². The van der Waals surface area contributed by atoms with E-state index in [1.165, 1.54) is 24.0 Å². The van der Waals surface area contributed by atoms with Crippen LogP contribution >= 0.6 is 0 Å². The monoisotopic (exact) mass is 435 g/mol. The summed E-state index contributed by atoms with van der Waals surface area (Å²) >= 11 is 0. The molecule has 1 N–H and O–H groups in total. The van der Waals surface area contributed by atoms with Gasteiger partial charge in [0.15, 0.2) is 0 Å². The molecule has 170 valence electrons. The smallest absolute Gasteiger partial charge is 0.229 e. The maximum atomic E-state index is 12.8. The van der Waals surface area contributed by atoms with E-state index in [1.807, 2.05) is 24.3 Å². The molecule has 2 amide bonds. The molecule has 0 aromatic heterocycles. The van der Waals surface area contributed by atoms with Gasteiger partial charge in [-0.25, -0.2) is 0 Å². The maximum Gasteiger partial charge on any atom is 0.229 e. The first kappa shape index (κ1) is 22.5. The highest BCUT2D eigenvalue weighted by Gasteiger charge is 2.35. The molecule has 2 saturated heterocycles. The summed E-state index contributed by atoms with van der Waals surface area (Å²) in [6.45, 7) is 6.97. The summed E-state index contributed by atoms with van der Waals surface area (Å²) < 4.78 is 5.39. The molecule has 2 aliphatic heterocycles. The maximum absolute atomic E-state index is 12.8. The van der Waals surface area contributed by atoms with Gasteiger partial charge in [-0.2, -0.15) is 0 Å². The van der Waals surface area contributed by atoms with Gasteiger partial charge in [0.25, 0.3) is 0 Å². The molecule has 0 bridgehead atoms. The molecule has 2 aliphatic rings. The number of nitrogens with zero attached hydrogens (tertiary/aromatic N) is 2. The Morgan fingerprint density at radius 2 is 1.72 bits per heavy atom. The number of unbranched alkanes of at least 4 members (excludes halogenated alkanes) is 1. The van der Waals surface area contributed by atoms with Crippen molar-refractivity contribution in [3.8, 4) is 0 Å². The number of hydrogen-bond donors (Lipinski definition) is 1. The summed E-state index contributed by atoms with van der Waals surface area (Å²) in [6.07, 6.45) is 3.64. The van der Waals surface area contributed by atoms with E-state index in [4.69, 9.17) is 4.74 Å². The molecule has 0 radical (unpaired) electrons. The second-order valence-corrected chi connectivity index (χ2v) is 8.75. The van der Waals surface area contributed by atoms with Gasteiger partial charge in [-0.15, -0.1) is 0 Å². The molecule has 1 atom stereocenters. The summed E-state index contributed by atoms with van der Waals surface area (Å²) in [6, 6.07) is 16.2. The summed E-state index contributed by atoms with van der Waals surface area (Å²) in [5, 5.41) is 2.99. The Morgan fingerprint density at radius 3 is 2.41 bits per heavy atom. The Hall–Kier alpha value is -2.70. The van der Waals surface area contributed by atoms with Gasteiger partial charge in [-0.3, -0.25) is 14.5 Å². The van der Waals surface area contributed by atoms with Crippen molar-refractivity contribution in [3.63, 3.8) is 0 Å². The number of amides is 2. The first-order valence-electron chi connectivity index (χ1n) is 11.7. The minimum absolute atomic E-state index is 0.00678. The number of ether oxygens (including phenoxy) is 1. The van der Waals surface area contributed by atoms with Crippen molar-refractivity contribution in [2.24, 2.45) is 5.92 Å². The SMILES string of the molecule is CCCCc1ccc(N2CC(C(=O)Nc3ccc(CN4CCOCC4)cc3)CC2=O)cc1. The third kappa shape index (κ3) is 5.75. The lowest BCUT2D eigenvalue weighted by Crippen LogP contribution is -2.35. The molecule has 2 aromatic carbocycles. The van der Waals surface area contributed by atoms with Gasteiger partial charge in [0, 0.05) is 44.0 Å². The number of anilines is 2. The van der Waals surface area contributed by atoms with E-state index in [-0.39, 0.29) is 24.2 Å². The predicted molar refractivity (Wildman–Crippen MR) is 127 cm³/mol. The fourth-order valence-electron chi connectivity index (χ4n) is 4.31. The number of aryl methyl sites for hydroxylation is 1. The lowest BCUT2D eigenvalue weighted by atomic mass is 10.1. The molecule has 2 aromatic rings. The highest BCUT2D eigenvalue weighted by molar-refractivity contribution is 6.03. The van der Waals surface area contributed by atoms with E-state index in [0.29, 0.717) is 6.54 Å². The van der Waals surface area contributed by atoms with E-state index >= 15 is 0 Å². The van der Waals surface area contributed by atoms with Crippen LogP contribution in [0.3, 0.4) is 0 Å². The molecular weight excluding hydrogens is 402 g/mol. The van der Waals surface area contributed by atoms with Crippen molar-refractivity contribution in [3.05, 3.63) is 59.7 Å². The number of rotatable bonds is 8. The van der Waals surface area contributed by atoms with Crippen LogP contribution in [0.25, 0.3) is 0 Å². The standard InChI is InChI=1S/C26H33N3O3/c1-2-3-4-20-7-11-24(12-8-20)29-19-22(17-25(29)30)26(31)27-23-9-5-21(6-10-23)18-28-13-15-32-16-14-28/h5-12,22H,2-4,13-19H2,1H3,(H,27,31). The molecule has 6 heteroatoms. The molecule has 0 spiro atoms. The average Bonchev–Trinajstić information content (AvgIpc) is 3.22. The third-order valence-corrected chi connectivity index (χ3v) is 6.29. The van der Waals surface area contributed by atoms with Gasteiger partial charge < -0.3 is 15.0 Å². The molecule has 2 fully saturated rings. The van der Waals surface area contributed by atoms with Crippen LogP contribution in [0.4, 0.5) is 11.4 Å². The van der Waals surface area contributed by atoms with Crippen LogP contribution in [-0.2, 0) is 27.3 Å². The number of benzene rings is 2. The first-order chi connectivity index (χ1) is 15.6. The highest BCUT2D eigenvalue weighted by Crippen LogP contribution is 2.27. The molecular formula is C26H33N3O3. The minimum atomic E-state index is -0.338. The van der Waals surface area contributed by atoms with Crippen molar-refractivity contribution in [1.29, 1.82) is 0 Å². The Labute approximate surface area is 190 Å². The van der Waals surface area contributed by atoms with Crippen LogP contribution in [-0.4, -0.2) is 49.6 Å². The number of carbonyl (C=O) groups excluding carboxylic acids is 2. The number of hydrogen-bond acceptors (Lipinski definition) is 4. The normalized spacial score (nSPS) is 19.3. The summed E-state index contributed by atoms with van der Waals surface area (Å²) in [7, 11) is 0. The zero-order valence-electron chi connectivity index (χ0n) is 18.9. The molecule has 2 heterocycles. The number of morpholine rings is 1. The van der Waals surface area contributed by atoms with Crippen LogP contribution < -0.4 is 10.2 Å². The number of nitrogens with one attached hydrogen (secondary N) is 1. The van der Waals surface area contributed by atoms with Crippen molar-refractivity contribution in [2.75, 3.05) is 43.1 Å². The van der Waals surface area contributed by atoms with Gasteiger partial charge in [0.05, 0.1) is 19.1 Å². The van der Waals surface area contributed by atoms with Crippen LogP contribution in [0.15, 0.2) is 48.5 Å². The van der Waals surface area contributed by atoms with Gasteiger partial charge in [-0.1, -0.05) is 37.6 Å². The molecule has 4 rings (SSSR count). The van der Waals surface area contributed by atoms with E-state index < -0.39 is 0 Å². The van der Waals surface area contributed by atoms with Crippen molar-refractivity contribution in [1.82, 2.24) is 4.90 Å². The van der Waals surface area contributed by atoms with Crippen LogP contribution in [0.2, 0.25) is 0 Å². The molecule has 1 unspecified atom stereocenters. The highest BCUT2D eigenvalue weighted by atomic mass is 16.5. The fourth-order valence-corrected chi connectivity index (χ4v) is 4.31. The van der Waals surface area contributed by atoms with Crippen LogP contribution in [0, 0.1) is 5.92 Å². The topological polar surface area (TPSA) is 61.9 Å². The Kier molecular flexibility index (Phi) is 7.55. The van der Waals surface area contributed by atoms with E-state index in [0.717, 1.165) is 50.6 Å². The van der Waals surface area contributed by atoms with Crippen LogP contribution in [0.5, 0.6) is 0 Å². The molecule has 32 heavy (non-hydrogen) atoms. The molecule has 6 nitrogen and oxygen atoms in total. The van der Waals surface area contributed by atoms with Crippen molar-refractivity contribution in [2.45, 2.75) is 39.2 Å². The molecule has 0 aliphatic carbocycles. The number of carbonyl (C=O) groups is 2. The second kappa shape index (κ2) is 10.7. The zero-order valence-corrected chi connectivity index (χ0v) is 18.9. The Balaban J connectivity index is 1.30. The van der Waals surface area contributed by atoms with Gasteiger partial charge in [-0.05, 0) is 48.2 Å². The predicted octanol–water partition coefficient (Wildman–Crippen LogP) is 3.85. The summed E-state index contributed by atoms with van der Waals surface area (Å²) in [4.78, 5) is 29.5. The third-order valence-electron chi connectivity index (χ3n) is 6.29. The molecule has 0 saturated carbocycles. The average molecular weight is 436 g/mol.